The zero-order chi connectivity index (χ0) is 21.2. The number of rotatable bonds is 3. The Hall–Kier alpha value is -3.16. The van der Waals surface area contributed by atoms with E-state index in [4.69, 9.17) is 9.57 Å². The van der Waals surface area contributed by atoms with Gasteiger partial charge >= 0.3 is 6.09 Å². The number of benzene rings is 1. The smallest absolute Gasteiger partial charge is 0.410 e. The first-order chi connectivity index (χ1) is 13.7. The lowest BCUT2D eigenvalue weighted by Gasteiger charge is -2.31. The summed E-state index contributed by atoms with van der Waals surface area (Å²) < 4.78 is 5.42. The summed E-state index contributed by atoms with van der Waals surface area (Å²) in [5.41, 5.74) is 1.66. The molecule has 8 heteroatoms. The Morgan fingerprint density at radius 3 is 2.34 bits per heavy atom. The molecule has 3 rings (SSSR count). The SMILES string of the molecule is CON=C1CN(C(=O)OC(C)(C)C)CCC1=CCN1C(=O)c2ccccc2C1=O. The van der Waals surface area contributed by atoms with Gasteiger partial charge in [0, 0.05) is 13.1 Å². The summed E-state index contributed by atoms with van der Waals surface area (Å²) in [5.74, 6) is -0.613. The van der Waals surface area contributed by atoms with E-state index in [1.54, 1.807) is 35.2 Å². The third-order valence-electron chi connectivity index (χ3n) is 4.61. The number of ether oxygens (including phenoxy) is 1. The van der Waals surface area contributed by atoms with Crippen molar-refractivity contribution in [1.82, 2.24) is 9.80 Å². The number of hydrogen-bond acceptors (Lipinski definition) is 6. The monoisotopic (exact) mass is 399 g/mol. The van der Waals surface area contributed by atoms with Gasteiger partial charge in [-0.3, -0.25) is 14.5 Å². The molecule has 0 aliphatic carbocycles. The summed E-state index contributed by atoms with van der Waals surface area (Å²) in [6.07, 6.45) is 1.90. The zero-order valence-corrected chi connectivity index (χ0v) is 17.1. The molecule has 0 spiro atoms. The highest BCUT2D eigenvalue weighted by Gasteiger charge is 2.35. The topological polar surface area (TPSA) is 88.5 Å². The van der Waals surface area contributed by atoms with Gasteiger partial charge < -0.3 is 14.5 Å². The second kappa shape index (κ2) is 8.06. The van der Waals surface area contributed by atoms with E-state index < -0.39 is 11.7 Å². The number of oxime groups is 1. The van der Waals surface area contributed by atoms with Gasteiger partial charge in [0.05, 0.1) is 17.7 Å². The molecule has 0 bridgehead atoms. The minimum atomic E-state index is -0.586. The van der Waals surface area contributed by atoms with Crippen LogP contribution in [0.4, 0.5) is 4.79 Å². The van der Waals surface area contributed by atoms with Crippen molar-refractivity contribution in [3.05, 3.63) is 47.0 Å². The molecule has 2 aliphatic heterocycles. The molecule has 29 heavy (non-hydrogen) atoms. The number of likely N-dealkylation sites (tertiary alicyclic amines) is 1. The molecule has 0 atom stereocenters. The lowest BCUT2D eigenvalue weighted by Crippen LogP contribution is -2.44. The summed E-state index contributed by atoms with van der Waals surface area (Å²) in [6, 6.07) is 6.78. The van der Waals surface area contributed by atoms with Crippen LogP contribution in [-0.2, 0) is 9.57 Å². The molecule has 2 aliphatic rings. The minimum absolute atomic E-state index is 0.136. The van der Waals surface area contributed by atoms with E-state index in [0.29, 0.717) is 29.8 Å². The summed E-state index contributed by atoms with van der Waals surface area (Å²) >= 11 is 0. The molecular weight excluding hydrogens is 374 g/mol. The largest absolute Gasteiger partial charge is 0.444 e. The summed E-state index contributed by atoms with van der Waals surface area (Å²) in [7, 11) is 1.43. The first kappa shape index (κ1) is 20.6. The van der Waals surface area contributed by atoms with Gasteiger partial charge in [-0.1, -0.05) is 23.4 Å². The highest BCUT2D eigenvalue weighted by Crippen LogP contribution is 2.23. The van der Waals surface area contributed by atoms with E-state index in [0.717, 1.165) is 5.57 Å². The Bertz CT molecular complexity index is 863. The maximum atomic E-state index is 12.5. The van der Waals surface area contributed by atoms with Crippen LogP contribution in [0.15, 0.2) is 41.1 Å². The first-order valence-electron chi connectivity index (χ1n) is 9.44. The van der Waals surface area contributed by atoms with Crippen LogP contribution in [0.25, 0.3) is 0 Å². The average molecular weight is 399 g/mol. The van der Waals surface area contributed by atoms with Gasteiger partial charge in [0.2, 0.25) is 0 Å². The minimum Gasteiger partial charge on any atom is -0.444 e. The Labute approximate surface area is 169 Å². The average Bonchev–Trinajstić information content (AvgIpc) is 2.90. The Balaban J connectivity index is 1.72. The van der Waals surface area contributed by atoms with E-state index >= 15 is 0 Å². The molecule has 8 nitrogen and oxygen atoms in total. The molecule has 1 saturated heterocycles. The van der Waals surface area contributed by atoms with Crippen LogP contribution >= 0.6 is 0 Å². The van der Waals surface area contributed by atoms with Gasteiger partial charge in [0.25, 0.3) is 11.8 Å². The number of amides is 3. The second-order valence-corrected chi connectivity index (χ2v) is 7.87. The lowest BCUT2D eigenvalue weighted by molar-refractivity contribution is 0.0272. The standard InChI is InChI=1S/C21H25N3O5/c1-21(2,3)29-20(27)23-11-9-14(17(13-23)22-28-4)10-12-24-18(25)15-7-5-6-8-16(15)19(24)26/h5-8,10H,9,11-13H2,1-4H3. The van der Waals surface area contributed by atoms with Crippen LogP contribution in [0.2, 0.25) is 0 Å². The number of piperidine rings is 1. The lowest BCUT2D eigenvalue weighted by atomic mass is 10.0. The maximum absolute atomic E-state index is 12.5. The van der Waals surface area contributed by atoms with E-state index in [9.17, 15) is 14.4 Å². The summed E-state index contributed by atoms with van der Waals surface area (Å²) in [5, 5.41) is 4.03. The van der Waals surface area contributed by atoms with Crippen LogP contribution in [0.3, 0.4) is 0 Å². The Morgan fingerprint density at radius 1 is 1.17 bits per heavy atom. The van der Waals surface area contributed by atoms with Crippen LogP contribution in [0.1, 0.15) is 47.9 Å². The molecule has 3 amide bonds. The second-order valence-electron chi connectivity index (χ2n) is 7.87. The van der Waals surface area contributed by atoms with Crippen LogP contribution in [-0.4, -0.2) is 65.8 Å². The van der Waals surface area contributed by atoms with Gasteiger partial charge in [0.1, 0.15) is 18.4 Å². The molecule has 1 fully saturated rings. The molecule has 1 aromatic carbocycles. The highest BCUT2D eigenvalue weighted by atomic mass is 16.6. The Kier molecular flexibility index (Phi) is 5.72. The van der Waals surface area contributed by atoms with E-state index in [1.165, 1.54) is 12.0 Å². The third kappa shape index (κ3) is 4.47. The number of hydrogen-bond donors (Lipinski definition) is 0. The fourth-order valence-electron chi connectivity index (χ4n) is 3.27. The molecule has 0 aromatic heterocycles. The van der Waals surface area contributed by atoms with Crippen molar-refractivity contribution in [2.45, 2.75) is 32.8 Å². The van der Waals surface area contributed by atoms with Gasteiger partial charge in [0.15, 0.2) is 0 Å². The predicted octanol–water partition coefficient (Wildman–Crippen LogP) is 2.85. The highest BCUT2D eigenvalue weighted by molar-refractivity contribution is 6.21. The van der Waals surface area contributed by atoms with Crippen LogP contribution < -0.4 is 0 Å². The van der Waals surface area contributed by atoms with Crippen LogP contribution in [0.5, 0.6) is 0 Å². The predicted molar refractivity (Wildman–Crippen MR) is 107 cm³/mol. The molecule has 0 N–H and O–H groups in total. The molecule has 0 radical (unpaired) electrons. The fourth-order valence-corrected chi connectivity index (χ4v) is 3.27. The molecule has 0 saturated carbocycles. The van der Waals surface area contributed by atoms with Gasteiger partial charge in [-0.05, 0) is 44.9 Å². The van der Waals surface area contributed by atoms with Crippen molar-refractivity contribution in [3.63, 3.8) is 0 Å². The summed E-state index contributed by atoms with van der Waals surface area (Å²) in [6.45, 7) is 6.25. The number of carbonyl (C=O) groups is 3. The molecule has 1 aromatic rings. The number of imide groups is 1. The molecular formula is C21H25N3O5. The first-order valence-corrected chi connectivity index (χ1v) is 9.44. The van der Waals surface area contributed by atoms with Gasteiger partial charge in [-0.25, -0.2) is 4.79 Å². The number of fused-ring (bicyclic) bond motifs is 1. The number of carbonyl (C=O) groups excluding carboxylic acids is 3. The maximum Gasteiger partial charge on any atom is 0.410 e. The Morgan fingerprint density at radius 2 is 1.79 bits per heavy atom. The normalized spacial score (nSPS) is 19.7. The van der Waals surface area contributed by atoms with Crippen molar-refractivity contribution in [2.75, 3.05) is 26.7 Å². The van der Waals surface area contributed by atoms with Crippen molar-refractivity contribution >= 4 is 23.6 Å². The van der Waals surface area contributed by atoms with Gasteiger partial charge in [-0.15, -0.1) is 0 Å². The fraction of sp³-hybridized carbons (Fsp3) is 0.429. The molecule has 154 valence electrons. The van der Waals surface area contributed by atoms with Crippen molar-refractivity contribution in [3.8, 4) is 0 Å². The molecule has 2 heterocycles. The van der Waals surface area contributed by atoms with E-state index in [1.807, 2.05) is 20.8 Å². The van der Waals surface area contributed by atoms with E-state index in [-0.39, 0.29) is 24.9 Å². The zero-order valence-electron chi connectivity index (χ0n) is 17.1. The van der Waals surface area contributed by atoms with Crippen molar-refractivity contribution in [2.24, 2.45) is 5.16 Å². The van der Waals surface area contributed by atoms with E-state index in [2.05, 4.69) is 5.16 Å². The van der Waals surface area contributed by atoms with Gasteiger partial charge in [-0.2, -0.15) is 0 Å². The third-order valence-corrected chi connectivity index (χ3v) is 4.61. The molecule has 0 unspecified atom stereocenters. The summed E-state index contributed by atoms with van der Waals surface area (Å²) in [4.78, 5) is 45.1. The quantitative estimate of drug-likeness (QED) is 0.576. The van der Waals surface area contributed by atoms with Crippen molar-refractivity contribution < 1.29 is 24.0 Å². The number of nitrogens with zero attached hydrogens (tertiary/aromatic N) is 3. The van der Waals surface area contributed by atoms with Crippen LogP contribution in [0, 0.1) is 0 Å². The van der Waals surface area contributed by atoms with Crippen molar-refractivity contribution in [1.29, 1.82) is 0 Å².